The number of hydrogen-bond donors (Lipinski definition) is 0. The molecule has 160 valence electrons. The van der Waals surface area contributed by atoms with Gasteiger partial charge in [0.1, 0.15) is 0 Å². The van der Waals surface area contributed by atoms with Crippen LogP contribution >= 0.6 is 0 Å². The summed E-state index contributed by atoms with van der Waals surface area (Å²) in [4.78, 5) is 0. The van der Waals surface area contributed by atoms with Crippen molar-refractivity contribution < 1.29 is 70.9 Å². The summed E-state index contributed by atoms with van der Waals surface area (Å²) in [6.45, 7) is -0.782. The van der Waals surface area contributed by atoms with Crippen molar-refractivity contribution in [3.63, 3.8) is 0 Å². The van der Waals surface area contributed by atoms with Crippen LogP contribution in [0.4, 0.5) is 61.5 Å². The molecule has 16 heteroatoms. The number of alkyl halides is 14. The first-order valence-corrected chi connectivity index (χ1v) is 6.46. The number of ether oxygens (including phenoxy) is 2. The summed E-state index contributed by atoms with van der Waals surface area (Å²) < 4.78 is 196. The Morgan fingerprint density at radius 3 is 1.11 bits per heavy atom. The third kappa shape index (κ3) is 1.91. The molecule has 3 atom stereocenters. The Kier molecular flexibility index (Phi) is 3.90. The van der Waals surface area contributed by atoms with Crippen LogP contribution in [0.3, 0.4) is 0 Å². The van der Waals surface area contributed by atoms with Gasteiger partial charge >= 0.3 is 35.5 Å². The lowest BCUT2D eigenvalue weighted by Crippen LogP contribution is -2.89. The van der Waals surface area contributed by atoms with Crippen molar-refractivity contribution >= 4 is 0 Å². The molecule has 2 fully saturated rings. The van der Waals surface area contributed by atoms with Gasteiger partial charge in [-0.05, 0) is 0 Å². The molecule has 1 heterocycles. The highest BCUT2D eigenvalue weighted by Gasteiger charge is 3.07. The summed E-state index contributed by atoms with van der Waals surface area (Å²) in [6.07, 6.45) is -7.56. The van der Waals surface area contributed by atoms with Crippen LogP contribution < -0.4 is 0 Å². The standard InChI is InChI=1S/C11H6F14O2/c1-3(12)4(2,13)27-10(26-3)5(14,11(23,24)25)6(15,16)7(17,18)8(19,20)9(10,21)22/h1-2H3. The Hall–Kier alpha value is -1.06. The van der Waals surface area contributed by atoms with E-state index in [-0.39, 0.29) is 0 Å². The Morgan fingerprint density at radius 1 is 0.519 bits per heavy atom. The molecule has 0 aromatic heterocycles. The summed E-state index contributed by atoms with van der Waals surface area (Å²) in [6, 6.07) is 0. The van der Waals surface area contributed by atoms with Crippen LogP contribution in [0.2, 0.25) is 0 Å². The monoisotopic (exact) mass is 436 g/mol. The molecular weight excluding hydrogens is 430 g/mol. The Labute approximate surface area is 139 Å². The average Bonchev–Trinajstić information content (AvgIpc) is 2.61. The molecule has 1 saturated heterocycles. The van der Waals surface area contributed by atoms with Gasteiger partial charge in [0, 0.05) is 13.8 Å². The first-order valence-electron chi connectivity index (χ1n) is 6.46. The lowest BCUT2D eigenvalue weighted by Gasteiger charge is -2.56. The predicted molar refractivity (Wildman–Crippen MR) is 53.6 cm³/mol. The third-order valence-corrected chi connectivity index (χ3v) is 4.34. The number of rotatable bonds is 0. The molecule has 2 rings (SSSR count). The Balaban J connectivity index is 3.04. The Bertz CT molecular complexity index is 634. The smallest absolute Gasteiger partial charge is 0.299 e. The fraction of sp³-hybridized carbons (Fsp3) is 1.00. The lowest BCUT2D eigenvalue weighted by molar-refractivity contribution is -0.546. The summed E-state index contributed by atoms with van der Waals surface area (Å²) in [5, 5.41) is 0. The third-order valence-electron chi connectivity index (χ3n) is 4.34. The molecule has 0 bridgehead atoms. The maximum Gasteiger partial charge on any atom is 0.434 e. The zero-order chi connectivity index (χ0) is 21.9. The van der Waals surface area contributed by atoms with E-state index in [4.69, 9.17) is 0 Å². The molecule has 2 aliphatic rings. The SMILES string of the molecule is CC1(F)OC2(OC1(C)F)C(F)(F)C(F)(F)C(F)(F)C(F)(F)C2(F)C(F)(F)F. The van der Waals surface area contributed by atoms with Crippen molar-refractivity contribution in [2.75, 3.05) is 0 Å². The largest absolute Gasteiger partial charge is 0.434 e. The van der Waals surface area contributed by atoms with Crippen LogP contribution in [0, 0.1) is 0 Å². The zero-order valence-corrected chi connectivity index (χ0v) is 12.6. The average molecular weight is 436 g/mol. The van der Waals surface area contributed by atoms with E-state index in [1.54, 1.807) is 0 Å². The molecule has 0 amide bonds. The van der Waals surface area contributed by atoms with Crippen LogP contribution in [0.1, 0.15) is 13.8 Å². The van der Waals surface area contributed by atoms with Gasteiger partial charge in [0.05, 0.1) is 0 Å². The maximum absolute atomic E-state index is 14.5. The van der Waals surface area contributed by atoms with E-state index >= 15 is 0 Å². The van der Waals surface area contributed by atoms with Crippen molar-refractivity contribution in [3.8, 4) is 0 Å². The molecule has 0 aromatic rings. The van der Waals surface area contributed by atoms with Gasteiger partial charge < -0.3 is 0 Å². The fourth-order valence-electron chi connectivity index (χ4n) is 2.62. The first-order chi connectivity index (χ1) is 11.4. The van der Waals surface area contributed by atoms with Gasteiger partial charge in [-0.25, -0.2) is 13.2 Å². The van der Waals surface area contributed by atoms with Gasteiger partial charge in [-0.3, -0.25) is 9.47 Å². The highest BCUT2D eigenvalue weighted by Crippen LogP contribution is 2.75. The molecule has 1 spiro atoms. The predicted octanol–water partition coefficient (Wildman–Crippen LogP) is 4.93. The van der Waals surface area contributed by atoms with Gasteiger partial charge in [-0.15, -0.1) is 0 Å². The highest BCUT2D eigenvalue weighted by atomic mass is 19.4. The molecule has 0 radical (unpaired) electrons. The minimum atomic E-state index is -7.72. The lowest BCUT2D eigenvalue weighted by atomic mass is 9.70. The summed E-state index contributed by atoms with van der Waals surface area (Å²) >= 11 is 0. The van der Waals surface area contributed by atoms with Gasteiger partial charge in [-0.1, -0.05) is 0 Å². The molecule has 3 unspecified atom stereocenters. The van der Waals surface area contributed by atoms with Crippen molar-refractivity contribution in [1.82, 2.24) is 0 Å². The van der Waals surface area contributed by atoms with Crippen molar-refractivity contribution in [2.45, 2.75) is 66.9 Å². The van der Waals surface area contributed by atoms with Crippen LogP contribution in [0.15, 0.2) is 0 Å². The van der Waals surface area contributed by atoms with Crippen LogP contribution in [0.25, 0.3) is 0 Å². The first kappa shape index (κ1) is 22.2. The molecule has 1 aliphatic carbocycles. The molecule has 0 aromatic carbocycles. The van der Waals surface area contributed by atoms with Gasteiger partial charge in [0.2, 0.25) is 0 Å². The number of halogens is 14. The van der Waals surface area contributed by atoms with E-state index in [1.165, 1.54) is 0 Å². The molecule has 0 N–H and O–H groups in total. The van der Waals surface area contributed by atoms with Crippen LogP contribution in [-0.4, -0.2) is 53.0 Å². The second-order valence-corrected chi connectivity index (χ2v) is 6.11. The maximum atomic E-state index is 14.5. The van der Waals surface area contributed by atoms with E-state index in [0.717, 1.165) is 0 Å². The summed E-state index contributed by atoms with van der Waals surface area (Å²) in [7, 11) is 0. The fourth-order valence-corrected chi connectivity index (χ4v) is 2.62. The molecule has 1 aliphatic heterocycles. The minimum absolute atomic E-state index is 0.391. The second-order valence-electron chi connectivity index (χ2n) is 6.11. The normalized spacial score (nSPS) is 48.0. The second kappa shape index (κ2) is 4.74. The van der Waals surface area contributed by atoms with Crippen molar-refractivity contribution in [3.05, 3.63) is 0 Å². The van der Waals surface area contributed by atoms with Gasteiger partial charge in [0.25, 0.3) is 17.5 Å². The van der Waals surface area contributed by atoms with E-state index in [2.05, 4.69) is 9.47 Å². The highest BCUT2D eigenvalue weighted by molar-refractivity contribution is 5.31. The van der Waals surface area contributed by atoms with E-state index in [1.807, 2.05) is 0 Å². The zero-order valence-electron chi connectivity index (χ0n) is 12.6. The quantitative estimate of drug-likeness (QED) is 0.502. The summed E-state index contributed by atoms with van der Waals surface area (Å²) in [5.41, 5.74) is -7.52. The van der Waals surface area contributed by atoms with E-state index in [9.17, 15) is 61.5 Å². The molecule has 1 saturated carbocycles. The van der Waals surface area contributed by atoms with Crippen LogP contribution in [-0.2, 0) is 9.47 Å². The Morgan fingerprint density at radius 2 is 0.815 bits per heavy atom. The van der Waals surface area contributed by atoms with Gasteiger partial charge in [-0.2, -0.15) is 48.3 Å². The molecular formula is C11H6F14O2. The van der Waals surface area contributed by atoms with Crippen LogP contribution in [0.5, 0.6) is 0 Å². The minimum Gasteiger partial charge on any atom is -0.299 e. The molecule has 27 heavy (non-hydrogen) atoms. The van der Waals surface area contributed by atoms with Crippen molar-refractivity contribution in [1.29, 1.82) is 0 Å². The number of hydrogen-bond acceptors (Lipinski definition) is 2. The van der Waals surface area contributed by atoms with Crippen molar-refractivity contribution in [2.24, 2.45) is 0 Å². The van der Waals surface area contributed by atoms with E-state index < -0.39 is 66.9 Å². The van der Waals surface area contributed by atoms with Gasteiger partial charge in [0.15, 0.2) is 0 Å². The molecule has 2 nitrogen and oxygen atoms in total. The van der Waals surface area contributed by atoms with E-state index in [0.29, 0.717) is 0 Å². The topological polar surface area (TPSA) is 18.5 Å². The summed E-state index contributed by atoms with van der Waals surface area (Å²) in [5.74, 6) is -46.1.